The summed E-state index contributed by atoms with van der Waals surface area (Å²) in [6, 6.07) is 24.5. The molecule has 122 valence electrons. The first-order valence-electron chi connectivity index (χ1n) is 9.17. The Bertz CT molecular complexity index is 1260. The second kappa shape index (κ2) is 5.35. The summed E-state index contributed by atoms with van der Waals surface area (Å²) in [6.07, 6.45) is 1.05. The van der Waals surface area contributed by atoms with Gasteiger partial charge in [0.05, 0.1) is 11.0 Å². The molecule has 0 saturated carbocycles. The molecule has 0 unspecified atom stereocenters. The Morgan fingerprint density at radius 3 is 2.12 bits per heavy atom. The predicted octanol–water partition coefficient (Wildman–Crippen LogP) is 6.68. The lowest BCUT2D eigenvalue weighted by molar-refractivity contribution is 0.825. The van der Waals surface area contributed by atoms with Crippen molar-refractivity contribution >= 4 is 43.4 Å². The van der Waals surface area contributed by atoms with Crippen LogP contribution in [0.5, 0.6) is 0 Å². The highest BCUT2D eigenvalue weighted by atomic mass is 15.0. The van der Waals surface area contributed by atoms with Gasteiger partial charge in [-0.05, 0) is 41.1 Å². The predicted molar refractivity (Wildman–Crippen MR) is 110 cm³/mol. The minimum Gasteiger partial charge on any atom is -0.340 e. The summed E-state index contributed by atoms with van der Waals surface area (Å²) in [5.74, 6) is 0. The first-order valence-corrected chi connectivity index (χ1v) is 9.17. The maximum Gasteiger partial charge on any atom is 0.0571 e. The van der Waals surface area contributed by atoms with E-state index in [9.17, 15) is 0 Å². The van der Waals surface area contributed by atoms with Crippen molar-refractivity contribution in [1.82, 2.24) is 4.57 Å². The molecular formula is C24H21N. The van der Waals surface area contributed by atoms with Gasteiger partial charge in [-0.3, -0.25) is 0 Å². The van der Waals surface area contributed by atoms with Crippen LogP contribution >= 0.6 is 0 Å². The van der Waals surface area contributed by atoms with E-state index in [0.717, 1.165) is 13.0 Å². The van der Waals surface area contributed by atoms with E-state index in [1.165, 1.54) is 48.9 Å². The molecule has 0 fully saturated rings. The lowest BCUT2D eigenvalue weighted by Crippen LogP contribution is -1.97. The summed E-state index contributed by atoms with van der Waals surface area (Å²) >= 11 is 0. The van der Waals surface area contributed by atoms with Crippen LogP contribution in [0.2, 0.25) is 0 Å². The third kappa shape index (κ3) is 1.90. The molecule has 0 aliphatic heterocycles. The standard InChI is InChI=1S/C24H21N/c1-3-18-19-11-7-6-10-17(19)15-22-21-14-13-16-9-5-8-12-20(16)24(21)25(4-2)23(18)22/h5-15H,3-4H2,1-2H3. The number of aryl methyl sites for hydroxylation is 2. The van der Waals surface area contributed by atoms with Crippen LogP contribution in [0, 0.1) is 0 Å². The van der Waals surface area contributed by atoms with Gasteiger partial charge >= 0.3 is 0 Å². The second-order valence-electron chi connectivity index (χ2n) is 6.75. The van der Waals surface area contributed by atoms with E-state index in [-0.39, 0.29) is 0 Å². The lowest BCUT2D eigenvalue weighted by Gasteiger charge is -2.11. The highest BCUT2D eigenvalue weighted by Crippen LogP contribution is 2.38. The van der Waals surface area contributed by atoms with Crippen molar-refractivity contribution in [3.8, 4) is 0 Å². The van der Waals surface area contributed by atoms with E-state index in [2.05, 4.69) is 85.1 Å². The Morgan fingerprint density at radius 2 is 1.36 bits per heavy atom. The summed E-state index contributed by atoms with van der Waals surface area (Å²) in [7, 11) is 0. The quantitative estimate of drug-likeness (QED) is 0.341. The summed E-state index contributed by atoms with van der Waals surface area (Å²) in [5.41, 5.74) is 4.26. The first kappa shape index (κ1) is 14.5. The number of hydrogen-bond acceptors (Lipinski definition) is 0. The van der Waals surface area contributed by atoms with Crippen LogP contribution in [0.3, 0.4) is 0 Å². The van der Waals surface area contributed by atoms with Gasteiger partial charge in [0, 0.05) is 22.7 Å². The Morgan fingerprint density at radius 1 is 0.640 bits per heavy atom. The summed E-state index contributed by atoms with van der Waals surface area (Å²) < 4.78 is 2.53. The van der Waals surface area contributed by atoms with E-state index in [1.807, 2.05) is 0 Å². The molecule has 0 bridgehead atoms. The van der Waals surface area contributed by atoms with Gasteiger partial charge in [-0.2, -0.15) is 0 Å². The van der Waals surface area contributed by atoms with E-state index >= 15 is 0 Å². The van der Waals surface area contributed by atoms with Gasteiger partial charge in [-0.1, -0.05) is 67.6 Å². The van der Waals surface area contributed by atoms with Crippen molar-refractivity contribution in [1.29, 1.82) is 0 Å². The Kier molecular flexibility index (Phi) is 3.11. The molecule has 5 rings (SSSR count). The van der Waals surface area contributed by atoms with Crippen LogP contribution < -0.4 is 0 Å². The zero-order chi connectivity index (χ0) is 17.0. The number of nitrogens with zero attached hydrogens (tertiary/aromatic N) is 1. The Labute approximate surface area is 147 Å². The normalized spacial score (nSPS) is 11.9. The zero-order valence-corrected chi connectivity index (χ0v) is 14.7. The third-order valence-corrected chi connectivity index (χ3v) is 5.53. The summed E-state index contributed by atoms with van der Waals surface area (Å²) in [6.45, 7) is 5.52. The second-order valence-corrected chi connectivity index (χ2v) is 6.75. The van der Waals surface area contributed by atoms with Gasteiger partial charge < -0.3 is 4.57 Å². The smallest absolute Gasteiger partial charge is 0.0571 e. The summed E-state index contributed by atoms with van der Waals surface area (Å²) in [4.78, 5) is 0. The van der Waals surface area contributed by atoms with Gasteiger partial charge in [0.15, 0.2) is 0 Å². The van der Waals surface area contributed by atoms with Crippen molar-refractivity contribution in [3.05, 3.63) is 72.3 Å². The fourth-order valence-corrected chi connectivity index (χ4v) is 4.47. The molecular weight excluding hydrogens is 302 g/mol. The average Bonchev–Trinajstić information content (AvgIpc) is 2.99. The molecule has 0 saturated heterocycles. The van der Waals surface area contributed by atoms with Gasteiger partial charge in [-0.15, -0.1) is 0 Å². The third-order valence-electron chi connectivity index (χ3n) is 5.53. The molecule has 1 nitrogen and oxygen atoms in total. The monoisotopic (exact) mass is 323 g/mol. The van der Waals surface area contributed by atoms with E-state index in [4.69, 9.17) is 0 Å². The van der Waals surface area contributed by atoms with Crippen LogP contribution in [0.25, 0.3) is 43.4 Å². The van der Waals surface area contributed by atoms with Crippen molar-refractivity contribution in [2.45, 2.75) is 26.8 Å². The van der Waals surface area contributed by atoms with Crippen molar-refractivity contribution in [3.63, 3.8) is 0 Å². The highest BCUT2D eigenvalue weighted by Gasteiger charge is 2.17. The summed E-state index contributed by atoms with van der Waals surface area (Å²) in [5, 5.41) is 8.16. The molecule has 4 aromatic carbocycles. The first-order chi connectivity index (χ1) is 12.3. The number of hydrogen-bond donors (Lipinski definition) is 0. The fraction of sp³-hybridized carbons (Fsp3) is 0.167. The van der Waals surface area contributed by atoms with Gasteiger partial charge in [0.25, 0.3) is 0 Å². The lowest BCUT2D eigenvalue weighted by atomic mass is 9.98. The molecule has 0 aliphatic carbocycles. The molecule has 1 heteroatoms. The van der Waals surface area contributed by atoms with Crippen LogP contribution in [-0.4, -0.2) is 4.57 Å². The van der Waals surface area contributed by atoms with Crippen molar-refractivity contribution < 1.29 is 0 Å². The average molecular weight is 323 g/mol. The molecule has 0 atom stereocenters. The maximum absolute atomic E-state index is 2.53. The largest absolute Gasteiger partial charge is 0.340 e. The fourth-order valence-electron chi connectivity index (χ4n) is 4.47. The topological polar surface area (TPSA) is 4.93 Å². The number of aromatic nitrogens is 1. The number of benzene rings is 4. The molecule has 1 heterocycles. The highest BCUT2D eigenvalue weighted by molar-refractivity contribution is 6.20. The van der Waals surface area contributed by atoms with E-state index in [1.54, 1.807) is 0 Å². The molecule has 1 aromatic heterocycles. The minimum atomic E-state index is 0.985. The molecule has 0 amide bonds. The molecule has 25 heavy (non-hydrogen) atoms. The Hall–Kier alpha value is -2.80. The van der Waals surface area contributed by atoms with Crippen LogP contribution in [0.4, 0.5) is 0 Å². The number of rotatable bonds is 2. The minimum absolute atomic E-state index is 0.985. The molecule has 0 radical (unpaired) electrons. The SMILES string of the molecule is CCc1c2ccccc2cc2c3ccc4ccccc4c3n(CC)c12. The van der Waals surface area contributed by atoms with E-state index < -0.39 is 0 Å². The van der Waals surface area contributed by atoms with Crippen molar-refractivity contribution in [2.75, 3.05) is 0 Å². The van der Waals surface area contributed by atoms with Crippen LogP contribution in [0.15, 0.2) is 66.7 Å². The molecule has 5 aromatic rings. The molecule has 0 spiro atoms. The zero-order valence-electron chi connectivity index (χ0n) is 14.7. The molecule has 0 N–H and O–H groups in total. The van der Waals surface area contributed by atoms with Gasteiger partial charge in [-0.25, -0.2) is 0 Å². The van der Waals surface area contributed by atoms with Crippen LogP contribution in [-0.2, 0) is 13.0 Å². The molecule has 0 aliphatic rings. The van der Waals surface area contributed by atoms with Crippen molar-refractivity contribution in [2.24, 2.45) is 0 Å². The number of fused-ring (bicyclic) bond motifs is 6. The Balaban J connectivity index is 2.13. The maximum atomic E-state index is 2.53. The van der Waals surface area contributed by atoms with Gasteiger partial charge in [0.2, 0.25) is 0 Å². The van der Waals surface area contributed by atoms with Gasteiger partial charge in [0.1, 0.15) is 0 Å². The van der Waals surface area contributed by atoms with E-state index in [0.29, 0.717) is 0 Å². The van der Waals surface area contributed by atoms with Crippen LogP contribution in [0.1, 0.15) is 19.4 Å².